The van der Waals surface area contributed by atoms with Crippen LogP contribution in [-0.2, 0) is 16.0 Å². The summed E-state index contributed by atoms with van der Waals surface area (Å²) in [6.07, 6.45) is 1.51. The number of nitrogens with zero attached hydrogens (tertiary/aromatic N) is 3. The number of halogens is 1. The molecule has 1 aromatic carbocycles. The molecule has 3 rings (SSSR count). The SMILES string of the molecule is CCOC(=O)N1CCC(NC(=NC)NCc2cccc(OCCN3CCOCC3)c2)CC1.I. The number of aliphatic imine (C=N–C) groups is 1. The second kappa shape index (κ2) is 15.2. The number of amides is 1. The number of rotatable bonds is 8. The summed E-state index contributed by atoms with van der Waals surface area (Å²) in [5.74, 6) is 1.64. The minimum absolute atomic E-state index is 0. The van der Waals surface area contributed by atoms with Crippen molar-refractivity contribution in [1.29, 1.82) is 0 Å². The first-order chi connectivity index (χ1) is 15.7. The zero-order chi connectivity index (χ0) is 22.6. The quantitative estimate of drug-likeness (QED) is 0.280. The molecule has 2 N–H and O–H groups in total. The summed E-state index contributed by atoms with van der Waals surface area (Å²) in [6.45, 7) is 9.42. The second-order valence-electron chi connectivity index (χ2n) is 7.98. The van der Waals surface area contributed by atoms with Crippen LogP contribution < -0.4 is 15.4 Å². The van der Waals surface area contributed by atoms with E-state index >= 15 is 0 Å². The predicted molar refractivity (Wildman–Crippen MR) is 140 cm³/mol. The van der Waals surface area contributed by atoms with Crippen LogP contribution >= 0.6 is 24.0 Å². The van der Waals surface area contributed by atoms with Crippen LogP contribution in [0.4, 0.5) is 4.79 Å². The van der Waals surface area contributed by atoms with Crippen molar-refractivity contribution in [2.24, 2.45) is 4.99 Å². The maximum absolute atomic E-state index is 11.8. The molecule has 9 nitrogen and oxygen atoms in total. The summed E-state index contributed by atoms with van der Waals surface area (Å²) in [6, 6.07) is 8.43. The molecule has 10 heteroatoms. The Labute approximate surface area is 214 Å². The van der Waals surface area contributed by atoms with Gasteiger partial charge < -0.3 is 29.7 Å². The highest BCUT2D eigenvalue weighted by Gasteiger charge is 2.24. The van der Waals surface area contributed by atoms with E-state index in [9.17, 15) is 4.79 Å². The minimum Gasteiger partial charge on any atom is -0.492 e. The number of likely N-dealkylation sites (tertiary alicyclic amines) is 1. The lowest BCUT2D eigenvalue weighted by Crippen LogP contribution is -2.49. The van der Waals surface area contributed by atoms with Crippen molar-refractivity contribution >= 4 is 36.0 Å². The van der Waals surface area contributed by atoms with Crippen molar-refractivity contribution in [1.82, 2.24) is 20.4 Å². The summed E-state index contributed by atoms with van der Waals surface area (Å²) in [7, 11) is 1.77. The molecule has 2 aliphatic heterocycles. The lowest BCUT2D eigenvalue weighted by atomic mass is 10.1. The Morgan fingerprint density at radius 3 is 2.67 bits per heavy atom. The molecular formula is C23H38IN5O4. The van der Waals surface area contributed by atoms with Gasteiger partial charge in [0, 0.05) is 52.4 Å². The number of carbonyl (C=O) groups is 1. The zero-order valence-electron chi connectivity index (χ0n) is 19.8. The van der Waals surface area contributed by atoms with Gasteiger partial charge in [0.05, 0.1) is 19.8 Å². The minimum atomic E-state index is -0.222. The number of benzene rings is 1. The number of piperidine rings is 1. The highest BCUT2D eigenvalue weighted by Crippen LogP contribution is 2.14. The summed E-state index contributed by atoms with van der Waals surface area (Å²) >= 11 is 0. The number of morpholine rings is 1. The van der Waals surface area contributed by atoms with Crippen LogP contribution in [0.15, 0.2) is 29.3 Å². The van der Waals surface area contributed by atoms with E-state index in [1.54, 1.807) is 11.9 Å². The molecule has 0 bridgehead atoms. The van der Waals surface area contributed by atoms with Gasteiger partial charge >= 0.3 is 6.09 Å². The molecule has 2 aliphatic rings. The molecule has 2 fully saturated rings. The lowest BCUT2D eigenvalue weighted by Gasteiger charge is -2.32. The molecule has 2 saturated heterocycles. The number of guanidine groups is 1. The molecule has 186 valence electrons. The van der Waals surface area contributed by atoms with Gasteiger partial charge in [0.25, 0.3) is 0 Å². The lowest BCUT2D eigenvalue weighted by molar-refractivity contribution is 0.0322. The summed E-state index contributed by atoms with van der Waals surface area (Å²) in [4.78, 5) is 20.3. The van der Waals surface area contributed by atoms with Gasteiger partial charge in [-0.3, -0.25) is 9.89 Å². The van der Waals surface area contributed by atoms with Gasteiger partial charge in [-0.05, 0) is 37.5 Å². The topological polar surface area (TPSA) is 87.7 Å². The maximum Gasteiger partial charge on any atom is 0.409 e. The molecule has 0 radical (unpaired) electrons. The van der Waals surface area contributed by atoms with E-state index in [-0.39, 0.29) is 36.1 Å². The van der Waals surface area contributed by atoms with Crippen molar-refractivity contribution < 1.29 is 19.0 Å². The van der Waals surface area contributed by atoms with Crippen molar-refractivity contribution in [3.05, 3.63) is 29.8 Å². The maximum atomic E-state index is 11.8. The molecule has 0 aromatic heterocycles. The van der Waals surface area contributed by atoms with Crippen molar-refractivity contribution in [3.8, 4) is 5.75 Å². The summed E-state index contributed by atoms with van der Waals surface area (Å²) < 4.78 is 16.4. The molecule has 1 aromatic rings. The van der Waals surface area contributed by atoms with Crippen LogP contribution in [0.25, 0.3) is 0 Å². The van der Waals surface area contributed by atoms with Crippen LogP contribution in [0.2, 0.25) is 0 Å². The number of hydrogen-bond acceptors (Lipinski definition) is 6. The van der Waals surface area contributed by atoms with E-state index in [0.717, 1.165) is 63.0 Å². The Morgan fingerprint density at radius 2 is 1.97 bits per heavy atom. The van der Waals surface area contributed by atoms with Crippen molar-refractivity contribution in [3.63, 3.8) is 0 Å². The van der Waals surface area contributed by atoms with Gasteiger partial charge in [0.15, 0.2) is 5.96 Å². The van der Waals surface area contributed by atoms with Crippen molar-refractivity contribution in [2.75, 3.05) is 66.2 Å². The van der Waals surface area contributed by atoms with Crippen LogP contribution in [0.1, 0.15) is 25.3 Å². The zero-order valence-corrected chi connectivity index (χ0v) is 22.1. The average molecular weight is 575 g/mol. The smallest absolute Gasteiger partial charge is 0.409 e. The van der Waals surface area contributed by atoms with Crippen LogP contribution in [-0.4, -0.2) is 94.1 Å². The van der Waals surface area contributed by atoms with Gasteiger partial charge in [0.1, 0.15) is 12.4 Å². The summed E-state index contributed by atoms with van der Waals surface area (Å²) in [5.41, 5.74) is 1.13. The highest BCUT2D eigenvalue weighted by molar-refractivity contribution is 14.0. The van der Waals surface area contributed by atoms with Gasteiger partial charge in [0.2, 0.25) is 0 Å². The number of ether oxygens (including phenoxy) is 3. The molecule has 2 heterocycles. The van der Waals surface area contributed by atoms with Gasteiger partial charge in [-0.2, -0.15) is 0 Å². The van der Waals surface area contributed by atoms with E-state index in [1.165, 1.54) is 0 Å². The Kier molecular flexibility index (Phi) is 12.6. The largest absolute Gasteiger partial charge is 0.492 e. The summed E-state index contributed by atoms with van der Waals surface area (Å²) in [5, 5.41) is 6.84. The molecule has 33 heavy (non-hydrogen) atoms. The Hall–Kier alpha value is -1.79. The normalized spacial score (nSPS) is 17.8. The third-order valence-corrected chi connectivity index (χ3v) is 5.72. The highest BCUT2D eigenvalue weighted by atomic mass is 127. The van der Waals surface area contributed by atoms with Crippen LogP contribution in [0, 0.1) is 0 Å². The molecule has 0 aliphatic carbocycles. The number of carbonyl (C=O) groups excluding carboxylic acids is 1. The monoisotopic (exact) mass is 575 g/mol. The van der Waals surface area contributed by atoms with E-state index < -0.39 is 0 Å². The Bertz CT molecular complexity index is 737. The van der Waals surface area contributed by atoms with Crippen LogP contribution in [0.5, 0.6) is 5.75 Å². The molecule has 0 spiro atoms. The van der Waals surface area contributed by atoms with E-state index in [1.807, 2.05) is 19.1 Å². The third-order valence-electron chi connectivity index (χ3n) is 5.72. The molecule has 0 saturated carbocycles. The first kappa shape index (κ1) is 27.5. The van der Waals surface area contributed by atoms with E-state index in [0.29, 0.717) is 32.8 Å². The van der Waals surface area contributed by atoms with Crippen LogP contribution in [0.3, 0.4) is 0 Å². The molecule has 0 atom stereocenters. The number of hydrogen-bond donors (Lipinski definition) is 2. The second-order valence-corrected chi connectivity index (χ2v) is 7.98. The predicted octanol–water partition coefficient (Wildman–Crippen LogP) is 2.30. The average Bonchev–Trinajstić information content (AvgIpc) is 2.83. The first-order valence-electron chi connectivity index (χ1n) is 11.6. The number of nitrogens with one attached hydrogen (secondary N) is 2. The van der Waals surface area contributed by atoms with Gasteiger partial charge in [-0.1, -0.05) is 12.1 Å². The fourth-order valence-electron chi connectivity index (χ4n) is 3.86. The van der Waals surface area contributed by atoms with Gasteiger partial charge in [-0.15, -0.1) is 24.0 Å². The third kappa shape index (κ3) is 9.54. The molecule has 0 unspecified atom stereocenters. The fraction of sp³-hybridized carbons (Fsp3) is 0.652. The van der Waals surface area contributed by atoms with E-state index in [2.05, 4.69) is 32.7 Å². The van der Waals surface area contributed by atoms with Crippen molar-refractivity contribution in [2.45, 2.75) is 32.4 Å². The Morgan fingerprint density at radius 1 is 1.21 bits per heavy atom. The molecular weight excluding hydrogens is 537 g/mol. The van der Waals surface area contributed by atoms with E-state index in [4.69, 9.17) is 14.2 Å². The fourth-order valence-corrected chi connectivity index (χ4v) is 3.86. The molecule has 1 amide bonds. The standard InChI is InChI=1S/C23H37N5O4.HI/c1-3-31-23(29)28-9-7-20(8-10-28)26-22(24-2)25-18-19-5-4-6-21(17-19)32-16-13-27-11-14-30-15-12-27;/h4-6,17,20H,3,7-16,18H2,1-2H3,(H2,24,25,26);1H. The Balaban J connectivity index is 0.00000385. The first-order valence-corrected chi connectivity index (χ1v) is 11.6. The van der Waals surface area contributed by atoms with Gasteiger partial charge in [-0.25, -0.2) is 4.79 Å².